The summed E-state index contributed by atoms with van der Waals surface area (Å²) in [6.45, 7) is 3.82. The molecular weight excluding hydrogens is 240 g/mol. The molecule has 0 aromatic heterocycles. The summed E-state index contributed by atoms with van der Waals surface area (Å²) in [5.41, 5.74) is 0.0152. The summed E-state index contributed by atoms with van der Waals surface area (Å²) in [7, 11) is 0. The highest BCUT2D eigenvalue weighted by Gasteiger charge is 2.50. The SMILES string of the molecule is CCOC(=O)[C@]1(C)C(=O)CCC[C@H]1c1ccccc1. The summed E-state index contributed by atoms with van der Waals surface area (Å²) in [5, 5.41) is 0. The van der Waals surface area contributed by atoms with Crippen molar-refractivity contribution in [3.63, 3.8) is 0 Å². The molecule has 0 aliphatic heterocycles. The number of esters is 1. The van der Waals surface area contributed by atoms with Gasteiger partial charge in [0.15, 0.2) is 5.78 Å². The molecule has 0 amide bonds. The molecule has 102 valence electrons. The molecule has 0 radical (unpaired) electrons. The van der Waals surface area contributed by atoms with Crippen molar-refractivity contribution in [3.8, 4) is 0 Å². The summed E-state index contributed by atoms with van der Waals surface area (Å²) in [6.07, 6.45) is 2.16. The first-order chi connectivity index (χ1) is 9.10. The van der Waals surface area contributed by atoms with Gasteiger partial charge in [-0.1, -0.05) is 30.3 Å². The molecule has 2 atom stereocenters. The predicted octanol–water partition coefficient (Wildman–Crippen LogP) is 3.09. The van der Waals surface area contributed by atoms with Crippen LogP contribution in [0.15, 0.2) is 30.3 Å². The van der Waals surface area contributed by atoms with Crippen molar-refractivity contribution in [2.75, 3.05) is 6.61 Å². The van der Waals surface area contributed by atoms with E-state index in [1.807, 2.05) is 30.3 Å². The number of benzene rings is 1. The first-order valence-electron chi connectivity index (χ1n) is 6.86. The summed E-state index contributed by atoms with van der Waals surface area (Å²) in [4.78, 5) is 24.6. The second-order valence-electron chi connectivity index (χ2n) is 5.20. The molecule has 0 saturated heterocycles. The molecule has 0 spiro atoms. The van der Waals surface area contributed by atoms with E-state index in [9.17, 15) is 9.59 Å². The first-order valence-corrected chi connectivity index (χ1v) is 6.86. The van der Waals surface area contributed by atoms with Crippen molar-refractivity contribution in [1.29, 1.82) is 0 Å². The zero-order valence-electron chi connectivity index (χ0n) is 11.5. The average Bonchev–Trinajstić information content (AvgIpc) is 2.43. The topological polar surface area (TPSA) is 43.4 Å². The molecule has 0 unspecified atom stereocenters. The van der Waals surface area contributed by atoms with Gasteiger partial charge in [-0.2, -0.15) is 0 Å². The van der Waals surface area contributed by atoms with Gasteiger partial charge >= 0.3 is 5.97 Å². The maximum atomic E-state index is 12.3. The lowest BCUT2D eigenvalue weighted by atomic mass is 9.64. The zero-order chi connectivity index (χ0) is 13.9. The fourth-order valence-corrected chi connectivity index (χ4v) is 2.93. The van der Waals surface area contributed by atoms with Crippen LogP contribution in [0, 0.1) is 5.41 Å². The van der Waals surface area contributed by atoms with Gasteiger partial charge in [0.25, 0.3) is 0 Å². The number of ketones is 1. The Morgan fingerprint density at radius 3 is 2.68 bits per heavy atom. The van der Waals surface area contributed by atoms with Crippen LogP contribution in [-0.2, 0) is 14.3 Å². The monoisotopic (exact) mass is 260 g/mol. The molecule has 0 bridgehead atoms. The van der Waals surface area contributed by atoms with Crippen LogP contribution >= 0.6 is 0 Å². The highest BCUT2D eigenvalue weighted by molar-refractivity contribution is 6.05. The molecule has 0 N–H and O–H groups in total. The molecule has 3 heteroatoms. The number of hydrogen-bond donors (Lipinski definition) is 0. The Labute approximate surface area is 114 Å². The van der Waals surface area contributed by atoms with Crippen LogP contribution in [0.2, 0.25) is 0 Å². The second kappa shape index (κ2) is 5.55. The Balaban J connectivity index is 2.39. The lowest BCUT2D eigenvalue weighted by molar-refractivity contribution is -0.162. The third kappa shape index (κ3) is 2.42. The maximum Gasteiger partial charge on any atom is 0.319 e. The van der Waals surface area contributed by atoms with Gasteiger partial charge in [-0.3, -0.25) is 9.59 Å². The van der Waals surface area contributed by atoms with Crippen LogP contribution in [-0.4, -0.2) is 18.4 Å². The van der Waals surface area contributed by atoms with E-state index >= 15 is 0 Å². The zero-order valence-corrected chi connectivity index (χ0v) is 11.5. The molecule has 3 nitrogen and oxygen atoms in total. The Bertz CT molecular complexity index is 466. The van der Waals surface area contributed by atoms with Crippen molar-refractivity contribution in [3.05, 3.63) is 35.9 Å². The minimum Gasteiger partial charge on any atom is -0.465 e. The third-order valence-electron chi connectivity index (χ3n) is 4.07. The van der Waals surface area contributed by atoms with E-state index in [4.69, 9.17) is 4.74 Å². The Hall–Kier alpha value is -1.64. The van der Waals surface area contributed by atoms with E-state index in [1.54, 1.807) is 13.8 Å². The Morgan fingerprint density at radius 1 is 1.37 bits per heavy atom. The average molecular weight is 260 g/mol. The summed E-state index contributed by atoms with van der Waals surface area (Å²) in [6, 6.07) is 9.80. The smallest absolute Gasteiger partial charge is 0.319 e. The van der Waals surface area contributed by atoms with E-state index < -0.39 is 5.41 Å². The second-order valence-corrected chi connectivity index (χ2v) is 5.20. The number of rotatable bonds is 3. The number of hydrogen-bond acceptors (Lipinski definition) is 3. The van der Waals surface area contributed by atoms with Crippen LogP contribution in [0.3, 0.4) is 0 Å². The fourth-order valence-electron chi connectivity index (χ4n) is 2.93. The minimum absolute atomic E-state index is 0.00560. The van der Waals surface area contributed by atoms with Crippen LogP contribution in [0.1, 0.15) is 44.6 Å². The molecule has 2 rings (SSSR count). The number of carbonyl (C=O) groups is 2. The summed E-state index contributed by atoms with van der Waals surface area (Å²) < 4.78 is 5.15. The number of ether oxygens (including phenoxy) is 1. The van der Waals surface area contributed by atoms with E-state index in [1.165, 1.54) is 0 Å². The van der Waals surface area contributed by atoms with E-state index in [-0.39, 0.29) is 17.7 Å². The van der Waals surface area contributed by atoms with Gasteiger partial charge < -0.3 is 4.74 Å². The Kier molecular flexibility index (Phi) is 4.03. The standard InChI is InChI=1S/C16H20O3/c1-3-19-15(18)16(2)13(10-7-11-14(16)17)12-8-5-4-6-9-12/h4-6,8-9,13H,3,7,10-11H2,1-2H3/t13-,16-/m0/s1. The summed E-state index contributed by atoms with van der Waals surface area (Å²) in [5.74, 6) is -0.450. The number of carbonyl (C=O) groups excluding carboxylic acids is 2. The van der Waals surface area contributed by atoms with Gasteiger partial charge in [-0.05, 0) is 32.3 Å². The highest BCUT2D eigenvalue weighted by atomic mass is 16.5. The molecule has 0 heterocycles. The van der Waals surface area contributed by atoms with Crippen molar-refractivity contribution < 1.29 is 14.3 Å². The lowest BCUT2D eigenvalue weighted by Crippen LogP contribution is -2.45. The van der Waals surface area contributed by atoms with Gasteiger partial charge in [-0.25, -0.2) is 0 Å². The normalized spacial score (nSPS) is 27.1. The molecule has 1 aliphatic rings. The molecule has 1 aliphatic carbocycles. The van der Waals surface area contributed by atoms with Gasteiger partial charge in [0.1, 0.15) is 5.41 Å². The van der Waals surface area contributed by atoms with Crippen LogP contribution in [0.5, 0.6) is 0 Å². The van der Waals surface area contributed by atoms with Gasteiger partial charge in [0.2, 0.25) is 0 Å². The van der Waals surface area contributed by atoms with Crippen LogP contribution < -0.4 is 0 Å². The van der Waals surface area contributed by atoms with Crippen molar-refractivity contribution in [2.24, 2.45) is 5.41 Å². The summed E-state index contributed by atoms with van der Waals surface area (Å²) >= 11 is 0. The van der Waals surface area contributed by atoms with Gasteiger partial charge in [0.05, 0.1) is 6.61 Å². The van der Waals surface area contributed by atoms with E-state index in [0.717, 1.165) is 18.4 Å². The molecule has 1 saturated carbocycles. The van der Waals surface area contributed by atoms with E-state index in [2.05, 4.69) is 0 Å². The first kappa shape index (κ1) is 13.8. The van der Waals surface area contributed by atoms with E-state index in [0.29, 0.717) is 13.0 Å². The lowest BCUT2D eigenvalue weighted by Gasteiger charge is -2.38. The van der Waals surface area contributed by atoms with Crippen molar-refractivity contribution in [2.45, 2.75) is 39.0 Å². The molecule has 1 fully saturated rings. The fraction of sp³-hybridized carbons (Fsp3) is 0.500. The molecule has 1 aromatic rings. The molecule has 19 heavy (non-hydrogen) atoms. The third-order valence-corrected chi connectivity index (χ3v) is 4.07. The van der Waals surface area contributed by atoms with Crippen molar-refractivity contribution >= 4 is 11.8 Å². The maximum absolute atomic E-state index is 12.3. The quantitative estimate of drug-likeness (QED) is 0.619. The van der Waals surface area contributed by atoms with Crippen molar-refractivity contribution in [1.82, 2.24) is 0 Å². The van der Waals surface area contributed by atoms with Gasteiger partial charge in [-0.15, -0.1) is 0 Å². The molecular formula is C16H20O3. The number of Topliss-reactive ketones (excluding diaryl/α,β-unsaturated/α-hetero) is 1. The minimum atomic E-state index is -1.03. The van der Waals surface area contributed by atoms with Crippen LogP contribution in [0.4, 0.5) is 0 Å². The predicted molar refractivity (Wildman–Crippen MR) is 72.8 cm³/mol. The Morgan fingerprint density at radius 2 is 2.05 bits per heavy atom. The van der Waals surface area contributed by atoms with Gasteiger partial charge in [0, 0.05) is 12.3 Å². The van der Waals surface area contributed by atoms with Crippen LogP contribution in [0.25, 0.3) is 0 Å². The largest absolute Gasteiger partial charge is 0.465 e. The molecule has 1 aromatic carbocycles. The highest BCUT2D eigenvalue weighted by Crippen LogP contribution is 2.45.